The Balaban J connectivity index is 1.93. The first-order valence-electron chi connectivity index (χ1n) is 13.3. The molecule has 240 valence electrons. The topological polar surface area (TPSA) is 294 Å². The summed E-state index contributed by atoms with van der Waals surface area (Å²) in [6.07, 6.45) is -23.9. The summed E-state index contributed by atoms with van der Waals surface area (Å²) in [5.41, 5.74) is 0. The highest BCUT2D eigenvalue weighted by atomic mass is 16.7. The maximum Gasteiger partial charge on any atom is 0.229 e. The van der Waals surface area contributed by atoms with Gasteiger partial charge in [-0.05, 0) is 6.42 Å². The molecule has 17 heteroatoms. The maximum atomic E-state index is 12.1. The van der Waals surface area contributed by atoms with Crippen LogP contribution in [0.1, 0.15) is 32.6 Å². The predicted octanol–water partition coefficient (Wildman–Crippen LogP) is -6.21. The molecular formula is C24H42O17. The lowest BCUT2D eigenvalue weighted by Gasteiger charge is -2.42. The zero-order chi connectivity index (χ0) is 31.0. The molecule has 0 aromatic carbocycles. The van der Waals surface area contributed by atoms with E-state index in [9.17, 15) is 65.8 Å². The van der Waals surface area contributed by atoms with Gasteiger partial charge in [0.1, 0.15) is 73.2 Å². The average Bonchev–Trinajstić information content (AvgIpc) is 2.96. The highest BCUT2D eigenvalue weighted by molar-refractivity contribution is 6.38. The molecule has 0 saturated carbocycles. The molecule has 0 bridgehead atoms. The number of aliphatic hydroxyl groups excluding tert-OH is 11. The number of hydrogen-bond acceptors (Lipinski definition) is 17. The van der Waals surface area contributed by atoms with Crippen molar-refractivity contribution < 1.29 is 84.7 Å². The van der Waals surface area contributed by atoms with E-state index in [1.807, 2.05) is 6.92 Å². The lowest BCUT2D eigenvalue weighted by molar-refractivity contribution is -0.333. The van der Waals surface area contributed by atoms with Crippen LogP contribution in [0.2, 0.25) is 0 Å². The van der Waals surface area contributed by atoms with Gasteiger partial charge < -0.3 is 75.1 Å². The Bertz CT molecular complexity index is 813. The number of hydrogen-bond donors (Lipinski definition) is 11. The summed E-state index contributed by atoms with van der Waals surface area (Å²) >= 11 is 0. The fraction of sp³-hybridized carbons (Fsp3) is 0.917. The Morgan fingerprint density at radius 3 is 1.83 bits per heavy atom. The predicted molar refractivity (Wildman–Crippen MR) is 131 cm³/mol. The van der Waals surface area contributed by atoms with Crippen LogP contribution >= 0.6 is 0 Å². The molecule has 0 amide bonds. The van der Waals surface area contributed by atoms with Gasteiger partial charge in [0.05, 0.1) is 19.8 Å². The maximum absolute atomic E-state index is 12.1. The highest BCUT2D eigenvalue weighted by Gasteiger charge is 2.48. The second-order valence-corrected chi connectivity index (χ2v) is 10.1. The quantitative estimate of drug-likeness (QED) is 0.0578. The number of unbranched alkanes of at least 4 members (excludes halogenated alkanes) is 2. The molecule has 2 aliphatic heterocycles. The van der Waals surface area contributed by atoms with Crippen molar-refractivity contribution in [2.75, 3.05) is 19.8 Å². The molecule has 2 heterocycles. The van der Waals surface area contributed by atoms with E-state index >= 15 is 0 Å². The third-order valence-electron chi connectivity index (χ3n) is 6.99. The largest absolute Gasteiger partial charge is 0.394 e. The average molecular weight is 603 g/mol. The minimum Gasteiger partial charge on any atom is -0.394 e. The van der Waals surface area contributed by atoms with Crippen LogP contribution in [0.3, 0.4) is 0 Å². The van der Waals surface area contributed by atoms with Gasteiger partial charge in [0.15, 0.2) is 12.6 Å². The third kappa shape index (κ3) is 9.12. The van der Waals surface area contributed by atoms with E-state index in [0.29, 0.717) is 12.8 Å². The monoisotopic (exact) mass is 602 g/mol. The molecule has 2 aliphatic rings. The van der Waals surface area contributed by atoms with Gasteiger partial charge in [-0.15, -0.1) is 0 Å². The summed E-state index contributed by atoms with van der Waals surface area (Å²) in [4.78, 5) is 24.0. The third-order valence-corrected chi connectivity index (χ3v) is 6.99. The lowest BCUT2D eigenvalue weighted by atomic mass is 9.96. The molecule has 11 N–H and O–H groups in total. The van der Waals surface area contributed by atoms with Gasteiger partial charge >= 0.3 is 0 Å². The molecule has 2 saturated heterocycles. The molecule has 0 aromatic heterocycles. The first-order valence-corrected chi connectivity index (χ1v) is 13.3. The van der Waals surface area contributed by atoms with E-state index < -0.39 is 117 Å². The van der Waals surface area contributed by atoms with E-state index in [-0.39, 0.29) is 6.42 Å². The Labute approximate surface area is 235 Å². The SMILES string of the molecule is CCCCCC(=O)C(=O)[C@H](O)[C@@H](O)[C@H](O)[C@H](O)CO[C@H]1O[C@H](CO[C@H]2O[C@H](CO)[C@@H](O)[C@H](O)[C@H]2O)[C@@H](O)[C@H](O)[C@H]1O. The van der Waals surface area contributed by atoms with Crippen molar-refractivity contribution in [2.24, 2.45) is 0 Å². The van der Waals surface area contributed by atoms with Crippen LogP contribution in [0.15, 0.2) is 0 Å². The van der Waals surface area contributed by atoms with Crippen molar-refractivity contribution in [3.63, 3.8) is 0 Å². The number of carbonyl (C=O) groups is 2. The summed E-state index contributed by atoms with van der Waals surface area (Å²) in [6.45, 7) is -0.382. The van der Waals surface area contributed by atoms with E-state index in [4.69, 9.17) is 18.9 Å². The number of carbonyl (C=O) groups excluding carboxylic acids is 2. The van der Waals surface area contributed by atoms with E-state index in [0.717, 1.165) is 6.42 Å². The smallest absolute Gasteiger partial charge is 0.229 e. The molecule has 2 rings (SSSR count). The molecule has 17 nitrogen and oxygen atoms in total. The van der Waals surface area contributed by atoms with Gasteiger partial charge in [0, 0.05) is 6.42 Å². The first kappa shape index (κ1) is 35.9. The first-order chi connectivity index (χ1) is 19.3. The van der Waals surface area contributed by atoms with Crippen LogP contribution in [0.5, 0.6) is 0 Å². The standard InChI is InChI=1S/C24H42O17/c1-2-3-4-5-9(26)13(28)17(32)18(33)14(29)10(27)7-38-23-22(37)20(35)16(31)12(41-23)8-39-24-21(36)19(34)15(30)11(6-25)40-24/h10-12,14-25,27,29-37H,2-8H2,1H3/t10-,11-,12-,14-,15-,16-,17+,18+,19+,20+,21-,22-,23+,24+/m1/s1. The van der Waals surface area contributed by atoms with Crippen molar-refractivity contribution in [3.8, 4) is 0 Å². The summed E-state index contributed by atoms with van der Waals surface area (Å²) in [5, 5.41) is 110. The van der Waals surface area contributed by atoms with Crippen LogP contribution in [0.4, 0.5) is 0 Å². The zero-order valence-corrected chi connectivity index (χ0v) is 22.4. The number of Topliss-reactive ketones (excluding diaryl/α,β-unsaturated/α-hetero) is 2. The second-order valence-electron chi connectivity index (χ2n) is 10.1. The summed E-state index contributed by atoms with van der Waals surface area (Å²) in [7, 11) is 0. The minimum atomic E-state index is -2.33. The molecule has 0 aliphatic carbocycles. The van der Waals surface area contributed by atoms with Gasteiger partial charge in [-0.2, -0.15) is 0 Å². The van der Waals surface area contributed by atoms with Crippen molar-refractivity contribution in [1.29, 1.82) is 0 Å². The fourth-order valence-corrected chi connectivity index (χ4v) is 4.27. The summed E-state index contributed by atoms with van der Waals surface area (Å²) in [6, 6.07) is 0. The fourth-order valence-electron chi connectivity index (χ4n) is 4.27. The minimum absolute atomic E-state index is 0.162. The van der Waals surface area contributed by atoms with Crippen LogP contribution in [-0.4, -0.2) is 173 Å². The lowest BCUT2D eigenvalue weighted by Crippen LogP contribution is -2.62. The normalized spacial score (nSPS) is 37.3. The van der Waals surface area contributed by atoms with Crippen molar-refractivity contribution in [3.05, 3.63) is 0 Å². The molecule has 2 fully saturated rings. The van der Waals surface area contributed by atoms with E-state index in [1.165, 1.54) is 0 Å². The van der Waals surface area contributed by atoms with E-state index in [1.54, 1.807) is 0 Å². The molecule has 0 aromatic rings. The molecule has 0 radical (unpaired) electrons. The van der Waals surface area contributed by atoms with Gasteiger partial charge in [0.25, 0.3) is 0 Å². The van der Waals surface area contributed by atoms with Crippen LogP contribution < -0.4 is 0 Å². The van der Waals surface area contributed by atoms with E-state index in [2.05, 4.69) is 0 Å². The summed E-state index contributed by atoms with van der Waals surface area (Å²) in [5.74, 6) is -2.29. The molecule has 41 heavy (non-hydrogen) atoms. The highest BCUT2D eigenvalue weighted by Crippen LogP contribution is 2.26. The Kier molecular flexibility index (Phi) is 14.5. The van der Waals surface area contributed by atoms with Crippen LogP contribution in [0, 0.1) is 0 Å². The van der Waals surface area contributed by atoms with Gasteiger partial charge in [-0.25, -0.2) is 0 Å². The van der Waals surface area contributed by atoms with Gasteiger partial charge in [0.2, 0.25) is 11.6 Å². The molecular weight excluding hydrogens is 560 g/mol. The molecule has 14 atom stereocenters. The van der Waals surface area contributed by atoms with Crippen LogP contribution in [0.25, 0.3) is 0 Å². The molecule has 0 spiro atoms. The zero-order valence-electron chi connectivity index (χ0n) is 22.4. The Hall–Kier alpha value is -1.26. The Morgan fingerprint density at radius 2 is 1.27 bits per heavy atom. The van der Waals surface area contributed by atoms with Crippen LogP contribution in [-0.2, 0) is 28.5 Å². The van der Waals surface area contributed by atoms with Crippen molar-refractivity contribution in [2.45, 2.75) is 118 Å². The van der Waals surface area contributed by atoms with Crippen molar-refractivity contribution in [1.82, 2.24) is 0 Å². The number of aliphatic hydroxyl groups is 11. The summed E-state index contributed by atoms with van der Waals surface area (Å²) < 4.78 is 21.0. The number of rotatable bonds is 16. The van der Waals surface area contributed by atoms with Crippen molar-refractivity contribution >= 4 is 11.6 Å². The second kappa shape index (κ2) is 16.6. The van der Waals surface area contributed by atoms with Gasteiger partial charge in [-0.3, -0.25) is 9.59 Å². The number of ketones is 2. The number of ether oxygens (including phenoxy) is 4. The molecule has 0 unspecified atom stereocenters. The Morgan fingerprint density at radius 1 is 0.732 bits per heavy atom. The van der Waals surface area contributed by atoms with Gasteiger partial charge in [-0.1, -0.05) is 19.8 Å².